The minimum atomic E-state index is 0.360. The van der Waals surface area contributed by atoms with Gasteiger partial charge < -0.3 is 5.73 Å². The Balaban J connectivity index is 2.11. The molecule has 0 saturated heterocycles. The average molecular weight is 167 g/mol. The standard InChI is InChI=1S/C11H21N/c1-9(2)4-3-5-10-6-7-11(12)8-10/h8-9,11H,3-7,12H2,1-2H3. The van der Waals surface area contributed by atoms with Gasteiger partial charge in [-0.25, -0.2) is 0 Å². The summed E-state index contributed by atoms with van der Waals surface area (Å²) >= 11 is 0. The minimum absolute atomic E-state index is 0.360. The molecule has 1 heteroatoms. The lowest BCUT2D eigenvalue weighted by molar-refractivity contribution is 0.552. The molecule has 1 nitrogen and oxygen atoms in total. The highest BCUT2D eigenvalue weighted by atomic mass is 14.6. The molecule has 0 fully saturated rings. The predicted octanol–water partition coefficient (Wildman–Crippen LogP) is 2.86. The van der Waals surface area contributed by atoms with Gasteiger partial charge in [0.1, 0.15) is 0 Å². The van der Waals surface area contributed by atoms with Crippen LogP contribution < -0.4 is 5.73 Å². The van der Waals surface area contributed by atoms with Gasteiger partial charge in [-0.05, 0) is 31.6 Å². The molecule has 1 aliphatic carbocycles. The number of allylic oxidation sites excluding steroid dienone is 1. The van der Waals surface area contributed by atoms with Gasteiger partial charge in [-0.2, -0.15) is 0 Å². The monoisotopic (exact) mass is 167 g/mol. The molecule has 0 aliphatic heterocycles. The summed E-state index contributed by atoms with van der Waals surface area (Å²) in [5.41, 5.74) is 7.38. The first-order chi connectivity index (χ1) is 5.68. The Labute approximate surface area is 76.0 Å². The highest BCUT2D eigenvalue weighted by molar-refractivity contribution is 5.12. The van der Waals surface area contributed by atoms with Crippen molar-refractivity contribution in [3.8, 4) is 0 Å². The maximum absolute atomic E-state index is 5.78. The predicted molar refractivity (Wildman–Crippen MR) is 54.0 cm³/mol. The van der Waals surface area contributed by atoms with Crippen LogP contribution >= 0.6 is 0 Å². The second-order valence-corrected chi connectivity index (χ2v) is 4.31. The smallest absolute Gasteiger partial charge is 0.0229 e. The summed E-state index contributed by atoms with van der Waals surface area (Å²) < 4.78 is 0. The molecule has 0 saturated carbocycles. The molecular formula is C11H21N. The lowest BCUT2D eigenvalue weighted by atomic mass is 10.0. The van der Waals surface area contributed by atoms with E-state index in [1.165, 1.54) is 32.1 Å². The molecular weight excluding hydrogens is 146 g/mol. The van der Waals surface area contributed by atoms with Gasteiger partial charge in [0.2, 0.25) is 0 Å². The molecule has 0 bridgehead atoms. The van der Waals surface area contributed by atoms with Crippen LogP contribution in [0.5, 0.6) is 0 Å². The second-order valence-electron chi connectivity index (χ2n) is 4.31. The molecule has 0 aromatic heterocycles. The molecule has 2 N–H and O–H groups in total. The van der Waals surface area contributed by atoms with Gasteiger partial charge in [0, 0.05) is 6.04 Å². The fraction of sp³-hybridized carbons (Fsp3) is 0.818. The molecule has 1 aliphatic rings. The lowest BCUT2D eigenvalue weighted by Gasteiger charge is -2.04. The van der Waals surface area contributed by atoms with Crippen molar-refractivity contribution in [1.82, 2.24) is 0 Å². The number of nitrogens with two attached hydrogens (primary N) is 1. The first-order valence-electron chi connectivity index (χ1n) is 5.13. The summed E-state index contributed by atoms with van der Waals surface area (Å²) in [6.45, 7) is 4.57. The molecule has 0 radical (unpaired) electrons. The largest absolute Gasteiger partial charge is 0.324 e. The van der Waals surface area contributed by atoms with Crippen LogP contribution in [0.15, 0.2) is 11.6 Å². The van der Waals surface area contributed by atoms with Crippen molar-refractivity contribution in [2.45, 2.75) is 52.0 Å². The minimum Gasteiger partial charge on any atom is -0.324 e. The maximum atomic E-state index is 5.78. The fourth-order valence-electron chi connectivity index (χ4n) is 1.77. The summed E-state index contributed by atoms with van der Waals surface area (Å²) in [6, 6.07) is 0.360. The van der Waals surface area contributed by atoms with Crippen LogP contribution in [0.1, 0.15) is 46.0 Å². The summed E-state index contributed by atoms with van der Waals surface area (Å²) in [5, 5.41) is 0. The van der Waals surface area contributed by atoms with Gasteiger partial charge >= 0.3 is 0 Å². The SMILES string of the molecule is CC(C)CCCC1=CC(N)CC1. The average Bonchev–Trinajstić information content (AvgIpc) is 2.35. The van der Waals surface area contributed by atoms with Gasteiger partial charge in [0.05, 0.1) is 0 Å². The van der Waals surface area contributed by atoms with E-state index in [9.17, 15) is 0 Å². The zero-order valence-corrected chi connectivity index (χ0v) is 8.34. The molecule has 1 unspecified atom stereocenters. The van der Waals surface area contributed by atoms with E-state index < -0.39 is 0 Å². The Bertz CT molecular complexity index is 158. The zero-order chi connectivity index (χ0) is 8.97. The molecule has 0 aromatic rings. The van der Waals surface area contributed by atoms with Crippen molar-refractivity contribution < 1.29 is 0 Å². The van der Waals surface area contributed by atoms with Gasteiger partial charge in [0.15, 0.2) is 0 Å². The Kier molecular flexibility index (Phi) is 3.80. The highest BCUT2D eigenvalue weighted by Crippen LogP contribution is 2.22. The fourth-order valence-corrected chi connectivity index (χ4v) is 1.77. The van der Waals surface area contributed by atoms with Crippen molar-refractivity contribution in [1.29, 1.82) is 0 Å². The van der Waals surface area contributed by atoms with E-state index in [2.05, 4.69) is 19.9 Å². The highest BCUT2D eigenvalue weighted by Gasteiger charge is 2.10. The summed E-state index contributed by atoms with van der Waals surface area (Å²) in [4.78, 5) is 0. The van der Waals surface area contributed by atoms with Crippen LogP contribution in [0, 0.1) is 5.92 Å². The topological polar surface area (TPSA) is 26.0 Å². The van der Waals surface area contributed by atoms with E-state index in [1.807, 2.05) is 0 Å². The zero-order valence-electron chi connectivity index (χ0n) is 8.34. The summed E-state index contributed by atoms with van der Waals surface area (Å²) in [5.74, 6) is 0.848. The number of hydrogen-bond donors (Lipinski definition) is 1. The molecule has 1 atom stereocenters. The van der Waals surface area contributed by atoms with Gasteiger partial charge in [-0.3, -0.25) is 0 Å². The number of rotatable bonds is 4. The Morgan fingerprint density at radius 1 is 1.58 bits per heavy atom. The van der Waals surface area contributed by atoms with Crippen molar-refractivity contribution in [2.24, 2.45) is 11.7 Å². The van der Waals surface area contributed by atoms with E-state index in [0.717, 1.165) is 5.92 Å². The molecule has 0 spiro atoms. The Morgan fingerprint density at radius 2 is 2.33 bits per heavy atom. The molecule has 0 aromatic carbocycles. The van der Waals surface area contributed by atoms with Crippen LogP contribution in [0.3, 0.4) is 0 Å². The van der Waals surface area contributed by atoms with Crippen LogP contribution in [0.25, 0.3) is 0 Å². The van der Waals surface area contributed by atoms with E-state index in [1.54, 1.807) is 5.57 Å². The van der Waals surface area contributed by atoms with Crippen molar-refractivity contribution in [2.75, 3.05) is 0 Å². The number of hydrogen-bond acceptors (Lipinski definition) is 1. The van der Waals surface area contributed by atoms with Gasteiger partial charge in [0.25, 0.3) is 0 Å². The quantitative estimate of drug-likeness (QED) is 0.640. The van der Waals surface area contributed by atoms with Crippen molar-refractivity contribution >= 4 is 0 Å². The second kappa shape index (κ2) is 4.66. The van der Waals surface area contributed by atoms with Gasteiger partial charge in [-0.15, -0.1) is 0 Å². The van der Waals surface area contributed by atoms with Crippen LogP contribution in [0.2, 0.25) is 0 Å². The Morgan fingerprint density at radius 3 is 2.83 bits per heavy atom. The van der Waals surface area contributed by atoms with Crippen LogP contribution in [-0.2, 0) is 0 Å². The summed E-state index contributed by atoms with van der Waals surface area (Å²) in [7, 11) is 0. The maximum Gasteiger partial charge on any atom is 0.0229 e. The first-order valence-corrected chi connectivity index (χ1v) is 5.13. The first kappa shape index (κ1) is 9.79. The molecule has 1 rings (SSSR count). The Hall–Kier alpha value is -0.300. The van der Waals surface area contributed by atoms with Crippen LogP contribution in [0.4, 0.5) is 0 Å². The van der Waals surface area contributed by atoms with E-state index in [4.69, 9.17) is 5.73 Å². The molecule has 12 heavy (non-hydrogen) atoms. The van der Waals surface area contributed by atoms with Crippen LogP contribution in [-0.4, -0.2) is 6.04 Å². The lowest BCUT2D eigenvalue weighted by Crippen LogP contribution is -2.11. The van der Waals surface area contributed by atoms with E-state index in [0.29, 0.717) is 6.04 Å². The van der Waals surface area contributed by atoms with Gasteiger partial charge in [-0.1, -0.05) is 31.9 Å². The third-order valence-corrected chi connectivity index (χ3v) is 2.53. The molecule has 70 valence electrons. The van der Waals surface area contributed by atoms with E-state index in [-0.39, 0.29) is 0 Å². The van der Waals surface area contributed by atoms with E-state index >= 15 is 0 Å². The molecule has 0 heterocycles. The third-order valence-electron chi connectivity index (χ3n) is 2.53. The summed E-state index contributed by atoms with van der Waals surface area (Å²) in [6.07, 6.45) is 8.67. The third kappa shape index (κ3) is 3.40. The molecule has 0 amide bonds. The normalized spacial score (nSPS) is 23.3. The van der Waals surface area contributed by atoms with Crippen molar-refractivity contribution in [3.63, 3.8) is 0 Å². The van der Waals surface area contributed by atoms with Crippen molar-refractivity contribution in [3.05, 3.63) is 11.6 Å².